The monoisotopic (exact) mass is 270 g/mol. The predicted octanol–water partition coefficient (Wildman–Crippen LogP) is 1.90. The molecule has 1 aliphatic heterocycles. The van der Waals surface area contributed by atoms with Crippen LogP contribution in [0.1, 0.15) is 40.0 Å². The van der Waals surface area contributed by atoms with Crippen molar-refractivity contribution >= 4 is 5.97 Å². The van der Waals surface area contributed by atoms with Gasteiger partial charge in [0.25, 0.3) is 0 Å². The highest BCUT2D eigenvalue weighted by Gasteiger charge is 2.27. The number of nitrogens with one attached hydrogen (secondary N) is 1. The molecule has 0 aliphatic carbocycles. The molecule has 1 aliphatic rings. The van der Waals surface area contributed by atoms with Gasteiger partial charge in [-0.2, -0.15) is 0 Å². The molecule has 1 fully saturated rings. The van der Waals surface area contributed by atoms with Crippen molar-refractivity contribution in [3.63, 3.8) is 0 Å². The minimum Gasteiger partial charge on any atom is -0.469 e. The Hall–Kier alpha value is -0.610. The Morgan fingerprint density at radius 1 is 1.37 bits per heavy atom. The molecule has 0 saturated carbocycles. The summed E-state index contributed by atoms with van der Waals surface area (Å²) in [6.07, 6.45) is 3.63. The Labute approximate surface area is 117 Å². The summed E-state index contributed by atoms with van der Waals surface area (Å²) in [7, 11) is 1.47. The van der Waals surface area contributed by atoms with Crippen molar-refractivity contribution in [2.75, 3.05) is 33.3 Å². The minimum atomic E-state index is -0.0982. The van der Waals surface area contributed by atoms with Gasteiger partial charge in [0.15, 0.2) is 0 Å². The lowest BCUT2D eigenvalue weighted by atomic mass is 9.94. The van der Waals surface area contributed by atoms with Crippen molar-refractivity contribution in [1.29, 1.82) is 0 Å². The van der Waals surface area contributed by atoms with Crippen LogP contribution in [0.5, 0.6) is 0 Å². The molecular weight excluding hydrogens is 240 g/mol. The molecule has 1 heterocycles. The first-order valence-electron chi connectivity index (χ1n) is 7.62. The third-order valence-corrected chi connectivity index (χ3v) is 4.33. The molecule has 0 amide bonds. The van der Waals surface area contributed by atoms with Crippen molar-refractivity contribution in [3.05, 3.63) is 0 Å². The molecule has 2 atom stereocenters. The van der Waals surface area contributed by atoms with E-state index in [1.54, 1.807) is 0 Å². The van der Waals surface area contributed by atoms with E-state index in [2.05, 4.69) is 24.1 Å². The Balaban J connectivity index is 2.56. The Bertz CT molecular complexity index is 265. The molecule has 19 heavy (non-hydrogen) atoms. The van der Waals surface area contributed by atoms with Gasteiger partial charge in [-0.1, -0.05) is 13.8 Å². The van der Waals surface area contributed by atoms with Crippen molar-refractivity contribution in [2.24, 2.45) is 11.8 Å². The standard InChI is InChI=1S/C15H30N2O2/c1-5-10-17(11-14-6-8-16-9-7-14)13(3)12(2)15(18)19-4/h12-14,16H,5-11H2,1-4H3. The summed E-state index contributed by atoms with van der Waals surface area (Å²) in [5, 5.41) is 3.41. The van der Waals surface area contributed by atoms with E-state index in [9.17, 15) is 4.79 Å². The summed E-state index contributed by atoms with van der Waals surface area (Å²) in [5.41, 5.74) is 0. The highest BCUT2D eigenvalue weighted by molar-refractivity contribution is 5.72. The molecule has 0 spiro atoms. The van der Waals surface area contributed by atoms with E-state index in [-0.39, 0.29) is 17.9 Å². The number of rotatable bonds is 7. The van der Waals surface area contributed by atoms with Gasteiger partial charge in [0.05, 0.1) is 13.0 Å². The summed E-state index contributed by atoms with van der Waals surface area (Å²) < 4.78 is 4.88. The molecule has 0 aromatic carbocycles. The van der Waals surface area contributed by atoms with Gasteiger partial charge in [0.1, 0.15) is 0 Å². The number of hydrogen-bond donors (Lipinski definition) is 1. The van der Waals surface area contributed by atoms with Crippen molar-refractivity contribution in [1.82, 2.24) is 10.2 Å². The number of piperidine rings is 1. The smallest absolute Gasteiger partial charge is 0.309 e. The fraction of sp³-hybridized carbons (Fsp3) is 0.933. The summed E-state index contributed by atoms with van der Waals surface area (Å²) in [4.78, 5) is 14.2. The van der Waals surface area contributed by atoms with Gasteiger partial charge >= 0.3 is 5.97 Å². The van der Waals surface area contributed by atoms with Gasteiger partial charge in [-0.05, 0) is 51.7 Å². The van der Waals surface area contributed by atoms with Gasteiger partial charge in [-0.3, -0.25) is 9.69 Å². The Morgan fingerprint density at radius 2 is 2.00 bits per heavy atom. The zero-order valence-electron chi connectivity index (χ0n) is 12.9. The molecule has 0 radical (unpaired) electrons. The number of carbonyl (C=O) groups excluding carboxylic acids is 1. The maximum Gasteiger partial charge on any atom is 0.309 e. The molecule has 2 unspecified atom stereocenters. The molecule has 1 saturated heterocycles. The number of nitrogens with zero attached hydrogens (tertiary/aromatic N) is 1. The number of ether oxygens (including phenoxy) is 1. The first-order chi connectivity index (χ1) is 9.10. The topological polar surface area (TPSA) is 41.6 Å². The third kappa shape index (κ3) is 5.11. The average Bonchev–Trinajstić information content (AvgIpc) is 2.45. The van der Waals surface area contributed by atoms with Crippen LogP contribution < -0.4 is 5.32 Å². The van der Waals surface area contributed by atoms with Crippen LogP contribution in [-0.2, 0) is 9.53 Å². The lowest BCUT2D eigenvalue weighted by Crippen LogP contribution is -2.45. The van der Waals surface area contributed by atoms with E-state index in [4.69, 9.17) is 4.74 Å². The third-order valence-electron chi connectivity index (χ3n) is 4.33. The predicted molar refractivity (Wildman–Crippen MR) is 78.1 cm³/mol. The van der Waals surface area contributed by atoms with Crippen LogP contribution in [0.2, 0.25) is 0 Å². The lowest BCUT2D eigenvalue weighted by molar-refractivity contribution is -0.147. The second-order valence-corrected chi connectivity index (χ2v) is 5.74. The number of methoxy groups -OCH3 is 1. The van der Waals surface area contributed by atoms with Crippen LogP contribution >= 0.6 is 0 Å². The van der Waals surface area contributed by atoms with Crippen LogP contribution in [0, 0.1) is 11.8 Å². The molecule has 1 N–H and O–H groups in total. The van der Waals surface area contributed by atoms with Gasteiger partial charge < -0.3 is 10.1 Å². The zero-order valence-corrected chi connectivity index (χ0v) is 12.9. The van der Waals surface area contributed by atoms with Gasteiger partial charge in [-0.15, -0.1) is 0 Å². The van der Waals surface area contributed by atoms with Crippen LogP contribution in [0.4, 0.5) is 0 Å². The van der Waals surface area contributed by atoms with Crippen LogP contribution in [0.25, 0.3) is 0 Å². The maximum atomic E-state index is 11.7. The molecule has 0 aromatic rings. The molecule has 4 heteroatoms. The summed E-state index contributed by atoms with van der Waals surface area (Å²) in [5.74, 6) is 0.609. The fourth-order valence-corrected chi connectivity index (χ4v) is 2.84. The fourth-order valence-electron chi connectivity index (χ4n) is 2.84. The van der Waals surface area contributed by atoms with E-state index >= 15 is 0 Å². The maximum absolute atomic E-state index is 11.7. The SMILES string of the molecule is CCCN(CC1CCNCC1)C(C)C(C)C(=O)OC. The average molecular weight is 270 g/mol. The Kier molecular flexibility index (Phi) is 7.39. The lowest BCUT2D eigenvalue weighted by Gasteiger charge is -2.36. The molecule has 112 valence electrons. The quantitative estimate of drug-likeness (QED) is 0.717. The Morgan fingerprint density at radius 3 is 2.53 bits per heavy atom. The van der Waals surface area contributed by atoms with E-state index in [0.29, 0.717) is 0 Å². The highest BCUT2D eigenvalue weighted by atomic mass is 16.5. The van der Waals surface area contributed by atoms with Crippen LogP contribution in [0.15, 0.2) is 0 Å². The van der Waals surface area contributed by atoms with Crippen LogP contribution in [0.3, 0.4) is 0 Å². The van der Waals surface area contributed by atoms with Crippen molar-refractivity contribution in [2.45, 2.75) is 46.1 Å². The summed E-state index contributed by atoms with van der Waals surface area (Å²) in [6.45, 7) is 10.8. The highest BCUT2D eigenvalue weighted by Crippen LogP contribution is 2.19. The molecular formula is C15H30N2O2. The van der Waals surface area contributed by atoms with E-state index in [1.807, 2.05) is 6.92 Å². The number of hydrogen-bond acceptors (Lipinski definition) is 4. The summed E-state index contributed by atoms with van der Waals surface area (Å²) in [6, 6.07) is 0.252. The summed E-state index contributed by atoms with van der Waals surface area (Å²) >= 11 is 0. The van der Waals surface area contributed by atoms with Crippen molar-refractivity contribution < 1.29 is 9.53 Å². The number of carbonyl (C=O) groups is 1. The van der Waals surface area contributed by atoms with E-state index < -0.39 is 0 Å². The van der Waals surface area contributed by atoms with E-state index in [1.165, 1.54) is 20.0 Å². The number of esters is 1. The molecule has 1 rings (SSSR count). The van der Waals surface area contributed by atoms with Gasteiger partial charge in [0.2, 0.25) is 0 Å². The zero-order chi connectivity index (χ0) is 14.3. The molecule has 4 nitrogen and oxygen atoms in total. The second kappa shape index (κ2) is 8.54. The minimum absolute atomic E-state index is 0.0572. The van der Waals surface area contributed by atoms with Crippen molar-refractivity contribution in [3.8, 4) is 0 Å². The normalized spacial score (nSPS) is 20.3. The first kappa shape index (κ1) is 16.4. The molecule has 0 aromatic heterocycles. The van der Waals surface area contributed by atoms with Gasteiger partial charge in [0, 0.05) is 12.6 Å². The van der Waals surface area contributed by atoms with Crippen LogP contribution in [-0.4, -0.2) is 50.2 Å². The second-order valence-electron chi connectivity index (χ2n) is 5.74. The molecule has 0 bridgehead atoms. The largest absolute Gasteiger partial charge is 0.469 e. The van der Waals surface area contributed by atoms with Gasteiger partial charge in [-0.25, -0.2) is 0 Å². The van der Waals surface area contributed by atoms with E-state index in [0.717, 1.165) is 38.5 Å². The first-order valence-corrected chi connectivity index (χ1v) is 7.62.